The molecular formula is C14H28O. The first-order valence-corrected chi connectivity index (χ1v) is 5.91. The lowest BCUT2D eigenvalue weighted by molar-refractivity contribution is 0.207. The molecule has 0 aromatic heterocycles. The summed E-state index contributed by atoms with van der Waals surface area (Å²) >= 11 is 0. The molecule has 0 aliphatic heterocycles. The second-order valence-electron chi connectivity index (χ2n) is 6.90. The summed E-state index contributed by atoms with van der Waals surface area (Å²) in [7, 11) is 0. The van der Waals surface area contributed by atoms with E-state index in [1.807, 2.05) is 0 Å². The zero-order valence-corrected chi connectivity index (χ0v) is 11.3. The van der Waals surface area contributed by atoms with Gasteiger partial charge in [-0.1, -0.05) is 53.7 Å². The average molecular weight is 212 g/mol. The second kappa shape index (κ2) is 5.69. The van der Waals surface area contributed by atoms with Gasteiger partial charge in [-0.05, 0) is 23.7 Å². The van der Waals surface area contributed by atoms with Crippen molar-refractivity contribution >= 4 is 0 Å². The Morgan fingerprint density at radius 2 is 1.53 bits per heavy atom. The molecule has 0 saturated heterocycles. The lowest BCUT2D eigenvalue weighted by Gasteiger charge is -2.23. The zero-order valence-electron chi connectivity index (χ0n) is 11.3. The maximum absolute atomic E-state index is 9.27. The smallest absolute Gasteiger partial charge is 0.0493 e. The van der Waals surface area contributed by atoms with Crippen LogP contribution < -0.4 is 0 Å². The Morgan fingerprint density at radius 1 is 1.00 bits per heavy atom. The molecule has 1 heteroatoms. The summed E-state index contributed by atoms with van der Waals surface area (Å²) in [6.45, 7) is 13.6. The number of aliphatic hydroxyl groups excluding tert-OH is 1. The van der Waals surface area contributed by atoms with Gasteiger partial charge in [-0.2, -0.15) is 0 Å². The molecular weight excluding hydrogens is 184 g/mol. The van der Waals surface area contributed by atoms with Crippen LogP contribution in [-0.4, -0.2) is 11.7 Å². The van der Waals surface area contributed by atoms with Crippen molar-refractivity contribution in [3.05, 3.63) is 12.2 Å². The lowest BCUT2D eigenvalue weighted by Crippen LogP contribution is -2.14. The maximum Gasteiger partial charge on any atom is 0.0493 e. The van der Waals surface area contributed by atoms with Gasteiger partial charge in [-0.3, -0.25) is 0 Å². The lowest BCUT2D eigenvalue weighted by atomic mass is 9.84. The van der Waals surface area contributed by atoms with E-state index in [0.717, 1.165) is 12.8 Å². The van der Waals surface area contributed by atoms with Crippen LogP contribution in [0, 0.1) is 16.7 Å². The quantitative estimate of drug-likeness (QED) is 0.698. The van der Waals surface area contributed by atoms with E-state index >= 15 is 0 Å². The normalized spacial score (nSPS) is 15.9. The predicted molar refractivity (Wildman–Crippen MR) is 67.9 cm³/mol. The second-order valence-corrected chi connectivity index (χ2v) is 6.90. The van der Waals surface area contributed by atoms with Gasteiger partial charge in [0.25, 0.3) is 0 Å². The van der Waals surface area contributed by atoms with E-state index in [1.54, 1.807) is 0 Å². The fraction of sp³-hybridized carbons (Fsp3) is 0.857. The standard InChI is InChI=1S/C14H28O/c1-13(2,3)9-7-8-12(11-15)10-14(4,5)6/h7-8,12,15H,9-11H2,1-6H3/b8-7+. The van der Waals surface area contributed by atoms with Gasteiger partial charge in [0.2, 0.25) is 0 Å². The highest BCUT2D eigenvalue weighted by atomic mass is 16.3. The predicted octanol–water partition coefficient (Wildman–Crippen LogP) is 4.02. The van der Waals surface area contributed by atoms with E-state index < -0.39 is 0 Å². The SMILES string of the molecule is CC(C)(C)C/C=C/C(CO)CC(C)(C)C. The molecule has 1 unspecified atom stereocenters. The van der Waals surface area contributed by atoms with E-state index in [-0.39, 0.29) is 6.61 Å². The summed E-state index contributed by atoms with van der Waals surface area (Å²) in [6, 6.07) is 0. The van der Waals surface area contributed by atoms with Crippen LogP contribution in [0.4, 0.5) is 0 Å². The van der Waals surface area contributed by atoms with E-state index in [0.29, 0.717) is 16.7 Å². The third kappa shape index (κ3) is 9.99. The Morgan fingerprint density at radius 3 is 1.87 bits per heavy atom. The van der Waals surface area contributed by atoms with Gasteiger partial charge in [-0.25, -0.2) is 0 Å². The largest absolute Gasteiger partial charge is 0.396 e. The molecule has 0 bridgehead atoms. The Bertz CT molecular complexity index is 190. The first-order chi connectivity index (χ1) is 6.64. The van der Waals surface area contributed by atoms with Gasteiger partial charge in [0.15, 0.2) is 0 Å². The molecule has 0 heterocycles. The third-order valence-electron chi connectivity index (χ3n) is 2.25. The summed E-state index contributed by atoms with van der Waals surface area (Å²) in [5.41, 5.74) is 0.637. The molecule has 0 fully saturated rings. The van der Waals surface area contributed by atoms with Crippen molar-refractivity contribution in [1.82, 2.24) is 0 Å². The first-order valence-electron chi connectivity index (χ1n) is 5.91. The van der Waals surface area contributed by atoms with Crippen LogP contribution in [0.1, 0.15) is 54.4 Å². The van der Waals surface area contributed by atoms with Gasteiger partial charge < -0.3 is 5.11 Å². The van der Waals surface area contributed by atoms with Crippen LogP contribution in [0.3, 0.4) is 0 Å². The third-order valence-corrected chi connectivity index (χ3v) is 2.25. The van der Waals surface area contributed by atoms with Gasteiger partial charge in [-0.15, -0.1) is 0 Å². The van der Waals surface area contributed by atoms with E-state index in [2.05, 4.69) is 53.7 Å². The Labute approximate surface area is 95.6 Å². The summed E-state index contributed by atoms with van der Waals surface area (Å²) < 4.78 is 0. The molecule has 0 aromatic carbocycles. The number of aliphatic hydroxyl groups is 1. The highest BCUT2D eigenvalue weighted by Gasteiger charge is 2.16. The van der Waals surface area contributed by atoms with Crippen LogP contribution in [0.5, 0.6) is 0 Å². The van der Waals surface area contributed by atoms with Gasteiger partial charge in [0.05, 0.1) is 0 Å². The van der Waals surface area contributed by atoms with E-state index in [9.17, 15) is 5.11 Å². The molecule has 1 atom stereocenters. The summed E-state index contributed by atoms with van der Waals surface area (Å²) in [5.74, 6) is 0.312. The minimum absolute atomic E-state index is 0.262. The van der Waals surface area contributed by atoms with Gasteiger partial charge in [0.1, 0.15) is 0 Å². The summed E-state index contributed by atoms with van der Waals surface area (Å²) in [5, 5.41) is 9.27. The van der Waals surface area contributed by atoms with Crippen molar-refractivity contribution in [3.63, 3.8) is 0 Å². The zero-order chi connectivity index (χ0) is 12.1. The monoisotopic (exact) mass is 212 g/mol. The molecule has 0 radical (unpaired) electrons. The van der Waals surface area contributed by atoms with Gasteiger partial charge >= 0.3 is 0 Å². The van der Waals surface area contributed by atoms with Crippen LogP contribution in [-0.2, 0) is 0 Å². The molecule has 0 aliphatic carbocycles. The molecule has 0 spiro atoms. The van der Waals surface area contributed by atoms with Crippen molar-refractivity contribution in [1.29, 1.82) is 0 Å². The topological polar surface area (TPSA) is 20.2 Å². The van der Waals surface area contributed by atoms with E-state index in [1.165, 1.54) is 0 Å². The molecule has 1 N–H and O–H groups in total. The van der Waals surface area contributed by atoms with Crippen molar-refractivity contribution in [2.24, 2.45) is 16.7 Å². The summed E-state index contributed by atoms with van der Waals surface area (Å²) in [4.78, 5) is 0. The van der Waals surface area contributed by atoms with Gasteiger partial charge in [0, 0.05) is 12.5 Å². The molecule has 0 aliphatic rings. The van der Waals surface area contributed by atoms with Crippen LogP contribution >= 0.6 is 0 Å². The Balaban J connectivity index is 4.11. The van der Waals surface area contributed by atoms with Crippen molar-refractivity contribution in [2.45, 2.75) is 54.4 Å². The Kier molecular flexibility index (Phi) is 5.58. The highest BCUT2D eigenvalue weighted by Crippen LogP contribution is 2.26. The molecule has 0 aromatic rings. The van der Waals surface area contributed by atoms with Crippen LogP contribution in [0.2, 0.25) is 0 Å². The minimum Gasteiger partial charge on any atom is -0.396 e. The number of rotatable bonds is 4. The molecule has 15 heavy (non-hydrogen) atoms. The number of allylic oxidation sites excluding steroid dienone is 1. The number of hydrogen-bond acceptors (Lipinski definition) is 1. The first kappa shape index (κ1) is 14.7. The van der Waals surface area contributed by atoms with E-state index in [4.69, 9.17) is 0 Å². The minimum atomic E-state index is 0.262. The molecule has 0 rings (SSSR count). The molecule has 0 saturated carbocycles. The van der Waals surface area contributed by atoms with Crippen LogP contribution in [0.15, 0.2) is 12.2 Å². The number of hydrogen-bond donors (Lipinski definition) is 1. The molecule has 1 nitrogen and oxygen atoms in total. The van der Waals surface area contributed by atoms with Crippen molar-refractivity contribution in [3.8, 4) is 0 Å². The van der Waals surface area contributed by atoms with Crippen LogP contribution in [0.25, 0.3) is 0 Å². The Hall–Kier alpha value is -0.300. The molecule has 90 valence electrons. The molecule has 0 amide bonds. The maximum atomic E-state index is 9.27. The fourth-order valence-corrected chi connectivity index (χ4v) is 1.59. The summed E-state index contributed by atoms with van der Waals surface area (Å²) in [6.07, 6.45) is 6.51. The van der Waals surface area contributed by atoms with Crippen molar-refractivity contribution < 1.29 is 5.11 Å². The fourth-order valence-electron chi connectivity index (χ4n) is 1.59. The average Bonchev–Trinajstić information content (AvgIpc) is 1.97. The van der Waals surface area contributed by atoms with Crippen molar-refractivity contribution in [2.75, 3.05) is 6.61 Å². The highest BCUT2D eigenvalue weighted by molar-refractivity contribution is 4.92.